The van der Waals surface area contributed by atoms with Gasteiger partial charge in [-0.3, -0.25) is 9.79 Å². The molecule has 7 heteroatoms. The summed E-state index contributed by atoms with van der Waals surface area (Å²) >= 11 is 1.64. The third-order valence-corrected chi connectivity index (χ3v) is 5.05. The molecule has 0 aliphatic rings. The summed E-state index contributed by atoms with van der Waals surface area (Å²) < 4.78 is 1.15. The number of amides is 1. The molecule has 0 saturated carbocycles. The highest BCUT2D eigenvalue weighted by atomic mass is 32.1. The molecule has 1 aromatic heterocycles. The van der Waals surface area contributed by atoms with Crippen LogP contribution >= 0.6 is 11.3 Å². The van der Waals surface area contributed by atoms with Crippen LogP contribution < -0.4 is 16.4 Å². The van der Waals surface area contributed by atoms with Crippen LogP contribution in [0.25, 0.3) is 10.2 Å². The molecular formula is C19H25N5OS. The van der Waals surface area contributed by atoms with Crippen molar-refractivity contribution in [3.63, 3.8) is 0 Å². The molecule has 1 heterocycles. The molecule has 1 amide bonds. The zero-order chi connectivity index (χ0) is 19.1. The number of rotatable bonds is 7. The van der Waals surface area contributed by atoms with Crippen LogP contribution in [0.2, 0.25) is 0 Å². The number of hydrogen-bond acceptors (Lipinski definition) is 6. The van der Waals surface area contributed by atoms with Crippen LogP contribution in [0, 0.1) is 0 Å². The summed E-state index contributed by atoms with van der Waals surface area (Å²) in [5.74, 6) is 0.397. The van der Waals surface area contributed by atoms with Crippen LogP contribution in [0.4, 0.5) is 0 Å². The Bertz CT molecular complexity index is 846. The SMILES string of the molecule is CC/C(C)=C(/NCc1nc2ccccc2s1)NC(=O)C(=NC)C(C)=CN. The smallest absolute Gasteiger partial charge is 0.275 e. The van der Waals surface area contributed by atoms with Crippen LogP contribution in [-0.2, 0) is 11.3 Å². The topological polar surface area (TPSA) is 92.4 Å². The summed E-state index contributed by atoms with van der Waals surface area (Å²) in [6, 6.07) is 8.03. The largest absolute Gasteiger partial charge is 0.404 e. The number of benzene rings is 1. The van der Waals surface area contributed by atoms with Crippen molar-refractivity contribution in [1.29, 1.82) is 0 Å². The molecule has 6 nitrogen and oxygen atoms in total. The van der Waals surface area contributed by atoms with E-state index in [0.717, 1.165) is 27.2 Å². The van der Waals surface area contributed by atoms with E-state index in [1.165, 1.54) is 6.20 Å². The minimum Gasteiger partial charge on any atom is -0.404 e. The molecule has 4 N–H and O–H groups in total. The standard InChI is InChI=1S/C19H25N5OS/c1-5-12(2)18(24-19(25)17(21-4)13(3)10-20)22-11-16-23-14-8-6-7-9-15(14)26-16/h6-10,22H,5,11,20H2,1-4H3,(H,24,25)/b13-10?,18-12-,21-17?. The monoisotopic (exact) mass is 371 g/mol. The van der Waals surface area contributed by atoms with Crippen molar-refractivity contribution in [3.8, 4) is 0 Å². The predicted octanol–water partition coefficient (Wildman–Crippen LogP) is 3.08. The predicted molar refractivity (Wildman–Crippen MR) is 109 cm³/mol. The number of hydrogen-bond donors (Lipinski definition) is 3. The van der Waals surface area contributed by atoms with Gasteiger partial charge in [0.05, 0.1) is 16.8 Å². The van der Waals surface area contributed by atoms with Crippen LogP contribution in [-0.4, -0.2) is 23.7 Å². The number of fused-ring (bicyclic) bond motifs is 1. The third-order valence-electron chi connectivity index (χ3n) is 4.01. The summed E-state index contributed by atoms with van der Waals surface area (Å²) in [7, 11) is 1.58. The Kier molecular flexibility index (Phi) is 6.91. The molecule has 26 heavy (non-hydrogen) atoms. The van der Waals surface area contributed by atoms with E-state index in [-0.39, 0.29) is 5.91 Å². The van der Waals surface area contributed by atoms with Crippen LogP contribution in [0.5, 0.6) is 0 Å². The van der Waals surface area contributed by atoms with E-state index in [0.29, 0.717) is 23.7 Å². The van der Waals surface area contributed by atoms with Gasteiger partial charge >= 0.3 is 0 Å². The molecule has 0 unspecified atom stereocenters. The van der Waals surface area contributed by atoms with Gasteiger partial charge in [0.2, 0.25) is 0 Å². The van der Waals surface area contributed by atoms with Crippen molar-refractivity contribution in [2.45, 2.75) is 33.7 Å². The lowest BCUT2D eigenvalue weighted by molar-refractivity contribution is -0.114. The average Bonchev–Trinajstić information content (AvgIpc) is 3.07. The quantitative estimate of drug-likeness (QED) is 0.652. The number of nitrogens with one attached hydrogen (secondary N) is 2. The number of thiazole rings is 1. The lowest BCUT2D eigenvalue weighted by Gasteiger charge is -2.15. The van der Waals surface area contributed by atoms with Crippen molar-refractivity contribution in [1.82, 2.24) is 15.6 Å². The second kappa shape index (κ2) is 9.15. The molecule has 0 aliphatic heterocycles. The highest BCUT2D eigenvalue weighted by Crippen LogP contribution is 2.21. The van der Waals surface area contributed by atoms with E-state index < -0.39 is 0 Å². The van der Waals surface area contributed by atoms with Gasteiger partial charge in [-0.2, -0.15) is 0 Å². The first-order chi connectivity index (χ1) is 12.5. The van der Waals surface area contributed by atoms with Gasteiger partial charge in [-0.1, -0.05) is 19.1 Å². The van der Waals surface area contributed by atoms with Gasteiger partial charge in [0.15, 0.2) is 0 Å². The third kappa shape index (κ3) is 4.70. The maximum atomic E-state index is 12.5. The second-order valence-electron chi connectivity index (χ2n) is 5.81. The van der Waals surface area contributed by atoms with Crippen molar-refractivity contribution in [2.75, 3.05) is 7.05 Å². The highest BCUT2D eigenvalue weighted by Gasteiger charge is 2.15. The van der Waals surface area contributed by atoms with E-state index in [9.17, 15) is 4.79 Å². The lowest BCUT2D eigenvalue weighted by Crippen LogP contribution is -2.37. The van der Waals surface area contributed by atoms with E-state index >= 15 is 0 Å². The Morgan fingerprint density at radius 3 is 2.69 bits per heavy atom. The highest BCUT2D eigenvalue weighted by molar-refractivity contribution is 7.18. The molecule has 0 aliphatic carbocycles. The average molecular weight is 372 g/mol. The number of aromatic nitrogens is 1. The van der Waals surface area contributed by atoms with Crippen molar-refractivity contribution < 1.29 is 4.79 Å². The Hall–Kier alpha value is -2.67. The summed E-state index contributed by atoms with van der Waals surface area (Å²) in [5, 5.41) is 7.18. The minimum absolute atomic E-state index is 0.286. The number of carbonyl (C=O) groups excluding carboxylic acids is 1. The molecular weight excluding hydrogens is 346 g/mol. The number of carbonyl (C=O) groups is 1. The Labute approximate surface area is 157 Å². The molecule has 0 spiro atoms. The number of para-hydroxylation sites is 1. The van der Waals surface area contributed by atoms with E-state index in [1.807, 2.05) is 32.0 Å². The van der Waals surface area contributed by atoms with Gasteiger partial charge in [0, 0.05) is 7.05 Å². The summed E-state index contributed by atoms with van der Waals surface area (Å²) in [4.78, 5) is 21.2. The van der Waals surface area contributed by atoms with Crippen LogP contribution in [0.3, 0.4) is 0 Å². The molecule has 2 aromatic rings. The molecule has 0 saturated heterocycles. The minimum atomic E-state index is -0.286. The van der Waals surface area contributed by atoms with Crippen molar-refractivity contribution >= 4 is 33.2 Å². The van der Waals surface area contributed by atoms with E-state index in [4.69, 9.17) is 5.73 Å². The Morgan fingerprint density at radius 2 is 2.08 bits per heavy atom. The Balaban J connectivity index is 2.14. The summed E-state index contributed by atoms with van der Waals surface area (Å²) in [6.07, 6.45) is 2.19. The fourth-order valence-electron chi connectivity index (χ4n) is 2.35. The summed E-state index contributed by atoms with van der Waals surface area (Å²) in [6.45, 7) is 6.32. The maximum Gasteiger partial charge on any atom is 0.275 e. The zero-order valence-electron chi connectivity index (χ0n) is 15.6. The molecule has 138 valence electrons. The van der Waals surface area contributed by atoms with Crippen molar-refractivity contribution in [2.24, 2.45) is 10.7 Å². The van der Waals surface area contributed by atoms with Gasteiger partial charge in [-0.15, -0.1) is 11.3 Å². The normalized spacial score (nSPS) is 13.5. The first-order valence-corrected chi connectivity index (χ1v) is 9.26. The van der Waals surface area contributed by atoms with E-state index in [1.54, 1.807) is 25.3 Å². The molecule has 1 aromatic carbocycles. The second-order valence-corrected chi connectivity index (χ2v) is 6.93. The van der Waals surface area contributed by atoms with Gasteiger partial charge in [0.1, 0.15) is 16.5 Å². The number of aliphatic imine (C=N–C) groups is 1. The maximum absolute atomic E-state index is 12.5. The fraction of sp³-hybridized carbons (Fsp3) is 0.316. The van der Waals surface area contributed by atoms with Crippen LogP contribution in [0.1, 0.15) is 32.2 Å². The first kappa shape index (κ1) is 19.7. The van der Waals surface area contributed by atoms with Crippen LogP contribution in [0.15, 0.2) is 52.4 Å². The number of nitrogens with zero attached hydrogens (tertiary/aromatic N) is 2. The fourth-order valence-corrected chi connectivity index (χ4v) is 3.25. The molecule has 0 bridgehead atoms. The van der Waals surface area contributed by atoms with Gasteiger partial charge in [0.25, 0.3) is 5.91 Å². The van der Waals surface area contributed by atoms with Crippen molar-refractivity contribution in [3.05, 3.63) is 52.4 Å². The number of nitrogens with two attached hydrogens (primary N) is 1. The van der Waals surface area contributed by atoms with Gasteiger partial charge in [-0.25, -0.2) is 4.98 Å². The van der Waals surface area contributed by atoms with E-state index in [2.05, 4.69) is 26.7 Å². The lowest BCUT2D eigenvalue weighted by atomic mass is 10.1. The van der Waals surface area contributed by atoms with Gasteiger partial charge < -0.3 is 16.4 Å². The zero-order valence-corrected chi connectivity index (χ0v) is 16.4. The molecule has 0 fully saturated rings. The molecule has 0 radical (unpaired) electrons. The molecule has 2 rings (SSSR count). The number of allylic oxidation sites excluding steroid dienone is 1. The first-order valence-electron chi connectivity index (χ1n) is 8.45. The van der Waals surface area contributed by atoms with Gasteiger partial charge in [-0.05, 0) is 49.7 Å². The Morgan fingerprint density at radius 1 is 1.35 bits per heavy atom. The summed E-state index contributed by atoms with van der Waals surface area (Å²) in [5.41, 5.74) is 8.49. The molecule has 0 atom stereocenters.